The summed E-state index contributed by atoms with van der Waals surface area (Å²) in [6, 6.07) is 11.0. The van der Waals surface area contributed by atoms with Crippen LogP contribution in [-0.2, 0) is 0 Å². The molecule has 0 atom stereocenters. The Morgan fingerprint density at radius 3 is 2.71 bits per heavy atom. The first-order valence-electron chi connectivity index (χ1n) is 4.88. The minimum atomic E-state index is -0.351. The quantitative estimate of drug-likeness (QED) is 0.804. The third-order valence-corrected chi connectivity index (χ3v) is 2.28. The molecule has 1 heterocycles. The number of nitrogens with one attached hydrogen (secondary N) is 1. The average molecular weight is 249 g/mol. The SMILES string of the molecule is O=C(Nc1cccc(Cl)n1)c1cccc(O)c1. The van der Waals surface area contributed by atoms with E-state index >= 15 is 0 Å². The number of phenolic OH excluding ortho intramolecular Hbond substituents is 1. The number of pyridine rings is 1. The number of nitrogens with zero attached hydrogens (tertiary/aromatic N) is 1. The van der Waals surface area contributed by atoms with Gasteiger partial charge in [0.15, 0.2) is 0 Å². The molecule has 0 aliphatic carbocycles. The van der Waals surface area contributed by atoms with E-state index in [-0.39, 0.29) is 11.7 Å². The van der Waals surface area contributed by atoms with Crippen molar-refractivity contribution in [2.75, 3.05) is 5.32 Å². The summed E-state index contributed by atoms with van der Waals surface area (Å²) in [5.41, 5.74) is 0.353. The molecular weight excluding hydrogens is 240 g/mol. The zero-order valence-electron chi connectivity index (χ0n) is 8.72. The van der Waals surface area contributed by atoms with E-state index in [0.717, 1.165) is 0 Å². The standard InChI is InChI=1S/C12H9ClN2O2/c13-10-5-2-6-11(14-10)15-12(17)8-3-1-4-9(16)7-8/h1-7,16H,(H,14,15,17). The number of benzene rings is 1. The van der Waals surface area contributed by atoms with E-state index in [1.165, 1.54) is 12.1 Å². The van der Waals surface area contributed by atoms with Gasteiger partial charge in [-0.3, -0.25) is 4.79 Å². The number of amides is 1. The number of rotatable bonds is 2. The lowest BCUT2D eigenvalue weighted by Gasteiger charge is -2.04. The predicted molar refractivity (Wildman–Crippen MR) is 65.3 cm³/mol. The number of aromatic nitrogens is 1. The minimum Gasteiger partial charge on any atom is -0.508 e. The van der Waals surface area contributed by atoms with Crippen LogP contribution in [0.1, 0.15) is 10.4 Å². The smallest absolute Gasteiger partial charge is 0.256 e. The van der Waals surface area contributed by atoms with E-state index in [2.05, 4.69) is 10.3 Å². The van der Waals surface area contributed by atoms with Crippen molar-refractivity contribution in [1.82, 2.24) is 4.98 Å². The fourth-order valence-electron chi connectivity index (χ4n) is 1.31. The first-order valence-corrected chi connectivity index (χ1v) is 5.26. The van der Waals surface area contributed by atoms with Crippen molar-refractivity contribution in [2.24, 2.45) is 0 Å². The van der Waals surface area contributed by atoms with Crippen molar-refractivity contribution in [3.05, 3.63) is 53.2 Å². The van der Waals surface area contributed by atoms with Crippen molar-refractivity contribution >= 4 is 23.3 Å². The first-order chi connectivity index (χ1) is 8.15. The van der Waals surface area contributed by atoms with Gasteiger partial charge in [-0.15, -0.1) is 0 Å². The van der Waals surface area contributed by atoms with Crippen LogP contribution in [0.4, 0.5) is 5.82 Å². The molecule has 5 heteroatoms. The maximum absolute atomic E-state index is 11.8. The third kappa shape index (κ3) is 2.95. The summed E-state index contributed by atoms with van der Waals surface area (Å²) in [4.78, 5) is 15.7. The van der Waals surface area contributed by atoms with Gasteiger partial charge >= 0.3 is 0 Å². The Labute approximate surface area is 103 Å². The molecule has 0 fully saturated rings. The lowest BCUT2D eigenvalue weighted by molar-refractivity contribution is 0.102. The minimum absolute atomic E-state index is 0.0386. The zero-order chi connectivity index (χ0) is 12.3. The van der Waals surface area contributed by atoms with Crippen molar-refractivity contribution in [1.29, 1.82) is 0 Å². The number of carbonyl (C=O) groups excluding carboxylic acids is 1. The summed E-state index contributed by atoms with van der Waals surface area (Å²) in [5.74, 6) is 0.0539. The first kappa shape index (κ1) is 11.4. The summed E-state index contributed by atoms with van der Waals surface area (Å²) in [7, 11) is 0. The second-order valence-electron chi connectivity index (χ2n) is 3.35. The molecule has 0 aliphatic heterocycles. The lowest BCUT2D eigenvalue weighted by Crippen LogP contribution is -2.12. The van der Waals surface area contributed by atoms with E-state index in [1.807, 2.05) is 0 Å². The molecule has 0 bridgehead atoms. The Morgan fingerprint density at radius 1 is 1.24 bits per heavy atom. The molecule has 1 aromatic carbocycles. The maximum atomic E-state index is 11.8. The molecule has 2 rings (SSSR count). The number of phenols is 1. The van der Waals surface area contributed by atoms with Crippen molar-refractivity contribution in [3.8, 4) is 5.75 Å². The van der Waals surface area contributed by atoms with Crippen molar-refractivity contribution < 1.29 is 9.90 Å². The van der Waals surface area contributed by atoms with Gasteiger partial charge in [0.2, 0.25) is 0 Å². The zero-order valence-corrected chi connectivity index (χ0v) is 9.48. The van der Waals surface area contributed by atoms with Gasteiger partial charge in [-0.05, 0) is 30.3 Å². The van der Waals surface area contributed by atoms with Crippen LogP contribution in [-0.4, -0.2) is 16.0 Å². The average Bonchev–Trinajstić information content (AvgIpc) is 2.29. The second kappa shape index (κ2) is 4.84. The van der Waals surface area contributed by atoms with Crippen LogP contribution in [0, 0.1) is 0 Å². The molecule has 0 saturated heterocycles. The molecule has 86 valence electrons. The van der Waals surface area contributed by atoms with Gasteiger partial charge < -0.3 is 10.4 Å². The topological polar surface area (TPSA) is 62.2 Å². The largest absolute Gasteiger partial charge is 0.508 e. The fraction of sp³-hybridized carbons (Fsp3) is 0. The Kier molecular flexibility index (Phi) is 3.25. The molecule has 0 spiro atoms. The van der Waals surface area contributed by atoms with Gasteiger partial charge in [-0.2, -0.15) is 0 Å². The number of hydrogen-bond acceptors (Lipinski definition) is 3. The number of halogens is 1. The Morgan fingerprint density at radius 2 is 2.00 bits per heavy atom. The summed E-state index contributed by atoms with van der Waals surface area (Å²) >= 11 is 5.70. The van der Waals surface area contributed by atoms with Crippen LogP contribution in [0.2, 0.25) is 5.15 Å². The molecule has 0 saturated carbocycles. The second-order valence-corrected chi connectivity index (χ2v) is 3.74. The van der Waals surface area contributed by atoms with Crippen molar-refractivity contribution in [2.45, 2.75) is 0 Å². The monoisotopic (exact) mass is 248 g/mol. The van der Waals surface area contributed by atoms with Gasteiger partial charge in [-0.1, -0.05) is 23.7 Å². The van der Waals surface area contributed by atoms with Gasteiger partial charge in [0.05, 0.1) is 0 Å². The molecule has 4 nitrogen and oxygen atoms in total. The van der Waals surface area contributed by atoms with E-state index in [0.29, 0.717) is 16.5 Å². The highest BCUT2D eigenvalue weighted by Crippen LogP contribution is 2.14. The Hall–Kier alpha value is -2.07. The van der Waals surface area contributed by atoms with Crippen molar-refractivity contribution in [3.63, 3.8) is 0 Å². The molecule has 2 aromatic rings. The Bertz CT molecular complexity index is 558. The molecule has 17 heavy (non-hydrogen) atoms. The van der Waals surface area contributed by atoms with Crippen LogP contribution < -0.4 is 5.32 Å². The van der Waals surface area contributed by atoms with Gasteiger partial charge in [-0.25, -0.2) is 4.98 Å². The van der Waals surface area contributed by atoms with Crippen LogP contribution in [0.15, 0.2) is 42.5 Å². The summed E-state index contributed by atoms with van der Waals surface area (Å²) < 4.78 is 0. The normalized spacial score (nSPS) is 9.94. The van der Waals surface area contributed by atoms with Crippen LogP contribution in [0.5, 0.6) is 5.75 Å². The molecule has 0 radical (unpaired) electrons. The summed E-state index contributed by atoms with van der Waals surface area (Å²) in [6.45, 7) is 0. The van der Waals surface area contributed by atoms with Crippen LogP contribution >= 0.6 is 11.6 Å². The van der Waals surface area contributed by atoms with E-state index in [4.69, 9.17) is 11.6 Å². The highest BCUT2D eigenvalue weighted by atomic mass is 35.5. The summed E-state index contributed by atoms with van der Waals surface area (Å²) in [5, 5.41) is 12.1. The number of carbonyl (C=O) groups is 1. The third-order valence-electron chi connectivity index (χ3n) is 2.07. The van der Waals surface area contributed by atoms with Crippen LogP contribution in [0.3, 0.4) is 0 Å². The van der Waals surface area contributed by atoms with Gasteiger partial charge in [0, 0.05) is 5.56 Å². The molecule has 0 aliphatic rings. The number of anilines is 1. The highest BCUT2D eigenvalue weighted by molar-refractivity contribution is 6.29. The van der Waals surface area contributed by atoms with E-state index < -0.39 is 0 Å². The summed E-state index contributed by atoms with van der Waals surface area (Å²) in [6.07, 6.45) is 0. The molecule has 1 aromatic heterocycles. The molecule has 1 amide bonds. The lowest BCUT2D eigenvalue weighted by atomic mass is 10.2. The molecule has 0 unspecified atom stereocenters. The van der Waals surface area contributed by atoms with Gasteiger partial charge in [0.25, 0.3) is 5.91 Å². The molecule has 2 N–H and O–H groups in total. The highest BCUT2D eigenvalue weighted by Gasteiger charge is 2.07. The predicted octanol–water partition coefficient (Wildman–Crippen LogP) is 2.69. The maximum Gasteiger partial charge on any atom is 0.256 e. The van der Waals surface area contributed by atoms with Crippen LogP contribution in [0.25, 0.3) is 0 Å². The van der Waals surface area contributed by atoms with E-state index in [1.54, 1.807) is 30.3 Å². The van der Waals surface area contributed by atoms with Gasteiger partial charge in [0.1, 0.15) is 16.7 Å². The number of hydrogen-bond donors (Lipinski definition) is 2. The Balaban J connectivity index is 2.17. The number of aromatic hydroxyl groups is 1. The fourth-order valence-corrected chi connectivity index (χ4v) is 1.48. The molecular formula is C12H9ClN2O2. The van der Waals surface area contributed by atoms with E-state index in [9.17, 15) is 9.90 Å².